The van der Waals surface area contributed by atoms with Crippen LogP contribution >= 0.6 is 0 Å². The van der Waals surface area contributed by atoms with Gasteiger partial charge in [-0.15, -0.1) is 0 Å². The molecule has 0 saturated heterocycles. The molecule has 0 aliphatic heterocycles. The lowest BCUT2D eigenvalue weighted by Gasteiger charge is -2.23. The standard InChI is InChI=1S/C13H21NO/c1-4-13(10(2)9-14-3)11-6-5-7-12(15)8-11/h5-8,10,13-15H,4,9H2,1-3H3/t10-,13+/m1/s1. The summed E-state index contributed by atoms with van der Waals surface area (Å²) in [5.74, 6) is 1.47. The van der Waals surface area contributed by atoms with Gasteiger partial charge in [0.25, 0.3) is 0 Å². The van der Waals surface area contributed by atoms with E-state index in [-0.39, 0.29) is 0 Å². The van der Waals surface area contributed by atoms with Crippen LogP contribution in [0.2, 0.25) is 0 Å². The van der Waals surface area contributed by atoms with Gasteiger partial charge in [-0.3, -0.25) is 0 Å². The van der Waals surface area contributed by atoms with E-state index < -0.39 is 0 Å². The molecule has 0 amide bonds. The minimum atomic E-state index is 0.364. The second-order valence-corrected chi connectivity index (χ2v) is 4.14. The van der Waals surface area contributed by atoms with Crippen LogP contribution in [0.4, 0.5) is 0 Å². The molecule has 84 valence electrons. The molecule has 1 aromatic rings. The first kappa shape index (κ1) is 12.1. The fraction of sp³-hybridized carbons (Fsp3) is 0.538. The van der Waals surface area contributed by atoms with Crippen molar-refractivity contribution in [2.45, 2.75) is 26.2 Å². The topological polar surface area (TPSA) is 32.3 Å². The quantitative estimate of drug-likeness (QED) is 0.778. The van der Waals surface area contributed by atoms with Crippen LogP contribution < -0.4 is 5.32 Å². The minimum absolute atomic E-state index is 0.364. The van der Waals surface area contributed by atoms with Crippen molar-refractivity contribution in [2.75, 3.05) is 13.6 Å². The summed E-state index contributed by atoms with van der Waals surface area (Å²) in [5, 5.41) is 12.7. The zero-order valence-electron chi connectivity index (χ0n) is 9.83. The van der Waals surface area contributed by atoms with E-state index in [0.717, 1.165) is 13.0 Å². The van der Waals surface area contributed by atoms with Crippen molar-refractivity contribution in [3.8, 4) is 5.75 Å². The van der Waals surface area contributed by atoms with Gasteiger partial charge in [0.15, 0.2) is 0 Å². The molecule has 0 unspecified atom stereocenters. The molecule has 15 heavy (non-hydrogen) atoms. The van der Waals surface area contributed by atoms with E-state index in [4.69, 9.17) is 0 Å². The molecule has 0 saturated carbocycles. The monoisotopic (exact) mass is 207 g/mol. The van der Waals surface area contributed by atoms with E-state index in [1.165, 1.54) is 5.56 Å². The van der Waals surface area contributed by atoms with Crippen LogP contribution in [-0.4, -0.2) is 18.7 Å². The Balaban J connectivity index is 2.82. The molecular weight excluding hydrogens is 186 g/mol. The van der Waals surface area contributed by atoms with E-state index in [1.807, 2.05) is 19.2 Å². The van der Waals surface area contributed by atoms with Gasteiger partial charge >= 0.3 is 0 Å². The van der Waals surface area contributed by atoms with E-state index in [0.29, 0.717) is 17.6 Å². The molecular formula is C13H21NO. The van der Waals surface area contributed by atoms with Crippen molar-refractivity contribution in [2.24, 2.45) is 5.92 Å². The fourth-order valence-electron chi connectivity index (χ4n) is 2.19. The van der Waals surface area contributed by atoms with Gasteiger partial charge in [0.1, 0.15) is 5.75 Å². The van der Waals surface area contributed by atoms with Crippen molar-refractivity contribution in [3.05, 3.63) is 29.8 Å². The maximum Gasteiger partial charge on any atom is 0.115 e. The second kappa shape index (κ2) is 5.76. The molecule has 0 aliphatic rings. The molecule has 0 radical (unpaired) electrons. The van der Waals surface area contributed by atoms with Crippen LogP contribution in [0.3, 0.4) is 0 Å². The number of nitrogens with one attached hydrogen (secondary N) is 1. The Morgan fingerprint density at radius 2 is 2.13 bits per heavy atom. The normalized spacial score (nSPS) is 14.9. The largest absolute Gasteiger partial charge is 0.508 e. The number of benzene rings is 1. The lowest BCUT2D eigenvalue weighted by molar-refractivity contribution is 0.426. The average molecular weight is 207 g/mol. The maximum atomic E-state index is 9.45. The lowest BCUT2D eigenvalue weighted by atomic mass is 9.85. The SMILES string of the molecule is CC[C@H](c1cccc(O)c1)[C@H](C)CNC. The van der Waals surface area contributed by atoms with Crippen molar-refractivity contribution in [3.63, 3.8) is 0 Å². The number of phenols is 1. The predicted octanol–water partition coefficient (Wildman–Crippen LogP) is 2.74. The summed E-state index contributed by atoms with van der Waals surface area (Å²) in [6, 6.07) is 7.61. The molecule has 0 aliphatic carbocycles. The Labute approximate surface area is 92.3 Å². The van der Waals surface area contributed by atoms with Crippen LogP contribution in [0.5, 0.6) is 5.75 Å². The Kier molecular flexibility index (Phi) is 4.63. The number of hydrogen-bond acceptors (Lipinski definition) is 2. The molecule has 0 bridgehead atoms. The van der Waals surface area contributed by atoms with Crippen LogP contribution in [0.1, 0.15) is 31.7 Å². The third kappa shape index (κ3) is 3.24. The van der Waals surface area contributed by atoms with Crippen molar-refractivity contribution < 1.29 is 5.11 Å². The molecule has 0 spiro atoms. The van der Waals surface area contributed by atoms with Gasteiger partial charge in [0.05, 0.1) is 0 Å². The zero-order chi connectivity index (χ0) is 11.3. The molecule has 1 rings (SSSR count). The first-order chi connectivity index (χ1) is 7.19. The highest BCUT2D eigenvalue weighted by Gasteiger charge is 2.16. The molecule has 0 heterocycles. The second-order valence-electron chi connectivity index (χ2n) is 4.14. The van der Waals surface area contributed by atoms with Gasteiger partial charge in [-0.25, -0.2) is 0 Å². The lowest BCUT2D eigenvalue weighted by Crippen LogP contribution is -2.22. The Hall–Kier alpha value is -1.02. The number of phenolic OH excluding ortho intramolecular Hbond substituents is 1. The molecule has 2 N–H and O–H groups in total. The van der Waals surface area contributed by atoms with Crippen LogP contribution in [0, 0.1) is 5.92 Å². The summed E-state index contributed by atoms with van der Waals surface area (Å²) in [5.41, 5.74) is 1.24. The van der Waals surface area contributed by atoms with Gasteiger partial charge < -0.3 is 10.4 Å². The van der Waals surface area contributed by atoms with Crippen LogP contribution in [0.15, 0.2) is 24.3 Å². The number of aromatic hydroxyl groups is 1. The Bertz CT molecular complexity index is 298. The summed E-state index contributed by atoms with van der Waals surface area (Å²) >= 11 is 0. The minimum Gasteiger partial charge on any atom is -0.508 e. The van der Waals surface area contributed by atoms with Crippen molar-refractivity contribution >= 4 is 0 Å². The maximum absolute atomic E-state index is 9.45. The smallest absolute Gasteiger partial charge is 0.115 e. The van der Waals surface area contributed by atoms with Gasteiger partial charge in [-0.2, -0.15) is 0 Å². The molecule has 2 nitrogen and oxygen atoms in total. The predicted molar refractivity (Wildman–Crippen MR) is 64.2 cm³/mol. The molecule has 2 heteroatoms. The van der Waals surface area contributed by atoms with E-state index in [9.17, 15) is 5.11 Å². The summed E-state index contributed by atoms with van der Waals surface area (Å²) in [6.07, 6.45) is 1.10. The van der Waals surface area contributed by atoms with Crippen molar-refractivity contribution in [1.29, 1.82) is 0 Å². The highest BCUT2D eigenvalue weighted by Crippen LogP contribution is 2.29. The van der Waals surface area contributed by atoms with Crippen LogP contribution in [0.25, 0.3) is 0 Å². The average Bonchev–Trinajstić information content (AvgIpc) is 2.19. The third-order valence-electron chi connectivity index (χ3n) is 2.95. The third-order valence-corrected chi connectivity index (χ3v) is 2.95. The van der Waals surface area contributed by atoms with Gasteiger partial charge in [-0.1, -0.05) is 26.0 Å². The fourth-order valence-corrected chi connectivity index (χ4v) is 2.19. The van der Waals surface area contributed by atoms with Crippen LogP contribution in [-0.2, 0) is 0 Å². The summed E-state index contributed by atoms with van der Waals surface area (Å²) in [6.45, 7) is 5.45. The molecule has 0 fully saturated rings. The van der Waals surface area contributed by atoms with E-state index in [2.05, 4.69) is 25.2 Å². The highest BCUT2D eigenvalue weighted by molar-refractivity contribution is 5.30. The van der Waals surface area contributed by atoms with Gasteiger partial charge in [0.2, 0.25) is 0 Å². The summed E-state index contributed by atoms with van der Waals surface area (Å²) in [4.78, 5) is 0. The highest BCUT2D eigenvalue weighted by atomic mass is 16.3. The first-order valence-electron chi connectivity index (χ1n) is 5.62. The van der Waals surface area contributed by atoms with Gasteiger partial charge in [0, 0.05) is 0 Å². The molecule has 1 aromatic carbocycles. The first-order valence-corrected chi connectivity index (χ1v) is 5.62. The van der Waals surface area contributed by atoms with Gasteiger partial charge in [-0.05, 0) is 49.5 Å². The van der Waals surface area contributed by atoms with E-state index in [1.54, 1.807) is 6.07 Å². The molecule has 0 aromatic heterocycles. The Morgan fingerprint density at radius 3 is 2.67 bits per heavy atom. The number of hydrogen-bond donors (Lipinski definition) is 2. The van der Waals surface area contributed by atoms with Crippen molar-refractivity contribution in [1.82, 2.24) is 5.32 Å². The molecule has 2 atom stereocenters. The zero-order valence-corrected chi connectivity index (χ0v) is 9.83. The summed E-state index contributed by atoms with van der Waals surface area (Å²) < 4.78 is 0. The van der Waals surface area contributed by atoms with E-state index >= 15 is 0 Å². The number of rotatable bonds is 5. The summed E-state index contributed by atoms with van der Waals surface area (Å²) in [7, 11) is 1.98. The Morgan fingerprint density at radius 1 is 1.40 bits per heavy atom.